The van der Waals surface area contributed by atoms with E-state index in [1.54, 1.807) is 30.3 Å². The van der Waals surface area contributed by atoms with Gasteiger partial charge in [-0.15, -0.1) is 10.2 Å². The number of carbonyl (C=O) groups excluding carboxylic acids is 2. The highest BCUT2D eigenvalue weighted by atomic mass is 35.5. The van der Waals surface area contributed by atoms with Gasteiger partial charge in [0.05, 0.1) is 11.6 Å². The van der Waals surface area contributed by atoms with Crippen LogP contribution in [0.15, 0.2) is 70.6 Å². The van der Waals surface area contributed by atoms with Crippen LogP contribution < -0.4 is 19.3 Å². The molecule has 1 atom stereocenters. The minimum Gasteiger partial charge on any atom is -0.507 e. The Hall–Kier alpha value is -3.77. The molecular weight excluding hydrogens is 631 g/mol. The van der Waals surface area contributed by atoms with Gasteiger partial charge in [-0.25, -0.2) is 0 Å². The van der Waals surface area contributed by atoms with Gasteiger partial charge in [0.1, 0.15) is 19.0 Å². The first-order valence-corrected chi connectivity index (χ1v) is 15.7. The van der Waals surface area contributed by atoms with Crippen molar-refractivity contribution in [3.05, 3.63) is 93.0 Å². The molecule has 1 unspecified atom stereocenters. The number of anilines is 2. The van der Waals surface area contributed by atoms with E-state index in [0.29, 0.717) is 56.0 Å². The predicted molar refractivity (Wildman–Crippen MR) is 169 cm³/mol. The fourth-order valence-corrected chi connectivity index (χ4v) is 7.21. The van der Waals surface area contributed by atoms with Crippen molar-refractivity contribution in [2.45, 2.75) is 16.1 Å². The number of hydrogen-bond acceptors (Lipinski definition) is 10. The molecule has 0 bridgehead atoms. The highest BCUT2D eigenvalue weighted by Gasteiger charge is 2.48. The fourth-order valence-electron chi connectivity index (χ4n) is 4.78. The van der Waals surface area contributed by atoms with Crippen LogP contribution in [0.2, 0.25) is 10.0 Å². The van der Waals surface area contributed by atoms with Crippen LogP contribution in [0.5, 0.6) is 11.5 Å². The monoisotopic (exact) mass is 654 g/mol. The van der Waals surface area contributed by atoms with Gasteiger partial charge in [-0.1, -0.05) is 64.5 Å². The molecule has 0 radical (unpaired) electrons. The van der Waals surface area contributed by atoms with Crippen LogP contribution in [0.1, 0.15) is 22.7 Å². The molecular formula is C30H24Cl2N4O5S2. The first-order valence-electron chi connectivity index (χ1n) is 13.1. The lowest BCUT2D eigenvalue weighted by molar-refractivity contribution is -0.132. The lowest BCUT2D eigenvalue weighted by atomic mass is 9.95. The van der Waals surface area contributed by atoms with E-state index in [9.17, 15) is 14.7 Å². The van der Waals surface area contributed by atoms with Gasteiger partial charge >= 0.3 is 5.91 Å². The summed E-state index contributed by atoms with van der Waals surface area (Å²) in [4.78, 5) is 30.4. The molecule has 6 rings (SSSR count). The molecule has 220 valence electrons. The van der Waals surface area contributed by atoms with E-state index in [1.165, 1.54) is 28.0 Å². The number of hydrogen-bond donors (Lipinski definition) is 1. The van der Waals surface area contributed by atoms with Crippen molar-refractivity contribution in [1.82, 2.24) is 10.2 Å². The van der Waals surface area contributed by atoms with E-state index >= 15 is 0 Å². The van der Waals surface area contributed by atoms with Crippen molar-refractivity contribution < 1.29 is 24.2 Å². The van der Waals surface area contributed by atoms with Crippen LogP contribution in [0.25, 0.3) is 5.76 Å². The number of aliphatic hydroxyl groups excluding tert-OH is 1. The zero-order valence-corrected chi connectivity index (χ0v) is 26.1. The summed E-state index contributed by atoms with van der Waals surface area (Å²) in [6.45, 7) is 0.780. The number of amides is 1. The van der Waals surface area contributed by atoms with E-state index in [2.05, 4.69) is 10.2 Å². The van der Waals surface area contributed by atoms with Crippen molar-refractivity contribution >= 4 is 74.6 Å². The number of fused-ring (bicyclic) bond motifs is 1. The molecule has 13 heteroatoms. The molecule has 1 saturated heterocycles. The molecule has 0 aliphatic carbocycles. The number of ketones is 1. The molecule has 43 heavy (non-hydrogen) atoms. The second-order valence-electron chi connectivity index (χ2n) is 9.89. The Morgan fingerprint density at radius 1 is 1.02 bits per heavy atom. The number of carbonyl (C=O) groups is 2. The maximum atomic E-state index is 13.6. The predicted octanol–water partition coefficient (Wildman–Crippen LogP) is 6.60. The molecule has 2 aliphatic heterocycles. The number of ether oxygens (including phenoxy) is 2. The number of halogens is 2. The number of benzene rings is 3. The summed E-state index contributed by atoms with van der Waals surface area (Å²) < 4.78 is 11.8. The topological polar surface area (TPSA) is 105 Å². The number of aliphatic hydroxyl groups is 1. The lowest BCUT2D eigenvalue weighted by Gasteiger charge is -2.23. The van der Waals surface area contributed by atoms with Crippen molar-refractivity contribution in [2.75, 3.05) is 37.1 Å². The molecule has 0 saturated carbocycles. The molecule has 4 aromatic rings. The van der Waals surface area contributed by atoms with Gasteiger partial charge in [-0.05, 0) is 53.6 Å². The van der Waals surface area contributed by atoms with Crippen LogP contribution >= 0.6 is 46.3 Å². The summed E-state index contributed by atoms with van der Waals surface area (Å²) in [5.74, 6) is -0.472. The average Bonchev–Trinajstić information content (AvgIpc) is 3.57. The second-order valence-corrected chi connectivity index (χ2v) is 12.9. The van der Waals surface area contributed by atoms with Gasteiger partial charge in [0.15, 0.2) is 15.8 Å². The zero-order valence-electron chi connectivity index (χ0n) is 22.9. The minimum atomic E-state index is -0.944. The van der Waals surface area contributed by atoms with Gasteiger partial charge < -0.3 is 19.5 Å². The average molecular weight is 656 g/mol. The third-order valence-electron chi connectivity index (χ3n) is 6.95. The van der Waals surface area contributed by atoms with Gasteiger partial charge in [0.25, 0.3) is 5.78 Å². The second kappa shape index (κ2) is 12.1. The molecule has 3 heterocycles. The minimum absolute atomic E-state index is 0.0587. The summed E-state index contributed by atoms with van der Waals surface area (Å²) in [6, 6.07) is 16.7. The Bertz CT molecular complexity index is 1760. The number of Topliss-reactive ketones (excluding diaryl/α,β-unsaturated/α-hetero) is 1. The first kappa shape index (κ1) is 29.3. The van der Waals surface area contributed by atoms with E-state index in [4.69, 9.17) is 32.7 Å². The summed E-state index contributed by atoms with van der Waals surface area (Å²) in [7, 11) is 3.83. The summed E-state index contributed by atoms with van der Waals surface area (Å²) >= 11 is 14.9. The molecule has 1 aromatic heterocycles. The number of aromatic nitrogens is 2. The van der Waals surface area contributed by atoms with E-state index < -0.39 is 17.7 Å². The quantitative estimate of drug-likeness (QED) is 0.0775. The smallest absolute Gasteiger partial charge is 0.301 e. The lowest BCUT2D eigenvalue weighted by Crippen LogP contribution is -2.29. The Labute approximate surface area is 265 Å². The maximum absolute atomic E-state index is 13.6. The largest absolute Gasteiger partial charge is 0.507 e. The van der Waals surface area contributed by atoms with Crippen LogP contribution in [0.4, 0.5) is 10.8 Å². The first-order chi connectivity index (χ1) is 20.7. The number of rotatable bonds is 7. The Morgan fingerprint density at radius 3 is 2.49 bits per heavy atom. The molecule has 1 amide bonds. The Morgan fingerprint density at radius 2 is 1.77 bits per heavy atom. The Balaban J connectivity index is 1.39. The van der Waals surface area contributed by atoms with Crippen molar-refractivity contribution in [2.24, 2.45) is 0 Å². The standard InChI is InChI=1S/C30H24Cl2N4O5S2/c1-35(2)20-8-4-16(5-9-20)25-24(26(37)17-6-10-22-23(13-17)41-12-11-40-22)27(38)28(39)36(25)29-33-34-30(43-29)42-15-18-3-7-19(31)14-21(18)32/h3-10,13-14,25,37H,11-12,15H2,1-2H3/b26-24+. The van der Waals surface area contributed by atoms with Gasteiger partial charge in [0.2, 0.25) is 5.13 Å². The highest BCUT2D eigenvalue weighted by Crippen LogP contribution is 2.45. The third-order valence-corrected chi connectivity index (χ3v) is 9.65. The van der Waals surface area contributed by atoms with Crippen molar-refractivity contribution in [1.29, 1.82) is 0 Å². The molecule has 3 aromatic carbocycles. The normalized spacial score (nSPS) is 17.4. The number of thioether (sulfide) groups is 1. The van der Waals surface area contributed by atoms with E-state index in [-0.39, 0.29) is 16.5 Å². The van der Waals surface area contributed by atoms with Crippen LogP contribution in [0, 0.1) is 0 Å². The van der Waals surface area contributed by atoms with Crippen LogP contribution in [-0.4, -0.2) is 54.3 Å². The molecule has 0 spiro atoms. The SMILES string of the molecule is CN(C)c1ccc(C2/C(=C(\O)c3ccc4c(c3)OCCO4)C(=O)C(=O)N2c2nnc(SCc3ccc(Cl)cc3Cl)s2)cc1. The molecule has 1 fully saturated rings. The number of nitrogens with zero attached hydrogens (tertiary/aromatic N) is 4. The summed E-state index contributed by atoms with van der Waals surface area (Å²) in [5, 5.41) is 21.4. The van der Waals surface area contributed by atoms with E-state index in [0.717, 1.165) is 11.3 Å². The van der Waals surface area contributed by atoms with E-state index in [1.807, 2.05) is 49.3 Å². The van der Waals surface area contributed by atoms with Crippen molar-refractivity contribution in [3.8, 4) is 11.5 Å². The van der Waals surface area contributed by atoms with Crippen LogP contribution in [0.3, 0.4) is 0 Å². The fraction of sp³-hybridized carbons (Fsp3) is 0.200. The summed E-state index contributed by atoms with van der Waals surface area (Å²) in [5.41, 5.74) is 2.69. The third kappa shape index (κ3) is 5.77. The maximum Gasteiger partial charge on any atom is 0.301 e. The zero-order chi connectivity index (χ0) is 30.2. The molecule has 1 N–H and O–H groups in total. The van der Waals surface area contributed by atoms with Gasteiger partial charge in [-0.3, -0.25) is 14.5 Å². The van der Waals surface area contributed by atoms with Gasteiger partial charge in [-0.2, -0.15) is 0 Å². The van der Waals surface area contributed by atoms with Gasteiger partial charge in [0, 0.05) is 41.1 Å². The summed E-state index contributed by atoms with van der Waals surface area (Å²) in [6.07, 6.45) is 0. The van der Waals surface area contributed by atoms with Crippen LogP contribution in [-0.2, 0) is 15.3 Å². The highest BCUT2D eigenvalue weighted by molar-refractivity contribution is 8.00. The Kier molecular flexibility index (Phi) is 8.23. The molecule has 2 aliphatic rings. The van der Waals surface area contributed by atoms with Crippen molar-refractivity contribution in [3.63, 3.8) is 0 Å². The molecule has 9 nitrogen and oxygen atoms in total.